The van der Waals surface area contributed by atoms with Crippen LogP contribution in [0.1, 0.15) is 63.4 Å². The van der Waals surface area contributed by atoms with E-state index in [9.17, 15) is 14.4 Å². The number of esters is 2. The van der Waals surface area contributed by atoms with Crippen LogP contribution < -0.4 is 10.1 Å². The molecule has 5 rings (SSSR count). The van der Waals surface area contributed by atoms with Crippen LogP contribution in [0, 0.1) is 17.3 Å². The highest BCUT2D eigenvalue weighted by Gasteiger charge is 2.45. The molecule has 2 aliphatic rings. The number of ether oxygens (including phenoxy) is 4. The first-order valence-electron chi connectivity index (χ1n) is 16.2. The van der Waals surface area contributed by atoms with E-state index in [0.717, 1.165) is 54.9 Å². The number of fused-ring (bicyclic) bond motifs is 1. The Morgan fingerprint density at radius 2 is 1.58 bits per heavy atom. The van der Waals surface area contributed by atoms with Gasteiger partial charge in [-0.15, -0.1) is 0 Å². The fourth-order valence-corrected chi connectivity index (χ4v) is 6.76. The summed E-state index contributed by atoms with van der Waals surface area (Å²) in [6.45, 7) is 1.19. The van der Waals surface area contributed by atoms with Gasteiger partial charge in [-0.1, -0.05) is 79.6 Å². The molecule has 0 radical (unpaired) electrons. The summed E-state index contributed by atoms with van der Waals surface area (Å²) >= 11 is 0. The SMILES string of the molecule is COCCOCC(CC1(C(=O)N[C@H]2CC[C@@H](C(=O)OCc3ccccc3)CC2)CCCC1)C(=O)Oc1cccc2ccccc12. The molecule has 0 spiro atoms. The van der Waals surface area contributed by atoms with Crippen LogP contribution in [-0.2, 0) is 35.2 Å². The maximum absolute atomic E-state index is 14.0. The minimum absolute atomic E-state index is 0.00467. The lowest BCUT2D eigenvalue weighted by atomic mass is 9.76. The number of hydrogen-bond donors (Lipinski definition) is 1. The molecule has 0 aromatic heterocycles. The number of carbonyl (C=O) groups is 3. The Balaban J connectivity index is 1.20. The van der Waals surface area contributed by atoms with Gasteiger partial charge in [0, 0.05) is 18.5 Å². The van der Waals surface area contributed by atoms with Gasteiger partial charge in [0.05, 0.1) is 37.1 Å². The maximum Gasteiger partial charge on any atom is 0.316 e. The van der Waals surface area contributed by atoms with Crippen molar-refractivity contribution in [2.24, 2.45) is 17.3 Å². The van der Waals surface area contributed by atoms with Gasteiger partial charge in [0.25, 0.3) is 0 Å². The third-order valence-electron chi connectivity index (χ3n) is 9.34. The molecule has 8 heteroatoms. The highest BCUT2D eigenvalue weighted by Crippen LogP contribution is 2.44. The lowest BCUT2D eigenvalue weighted by molar-refractivity contribution is -0.151. The molecular formula is C37H45NO7. The van der Waals surface area contributed by atoms with Crippen LogP contribution in [0.25, 0.3) is 10.8 Å². The molecule has 0 bridgehead atoms. The van der Waals surface area contributed by atoms with Gasteiger partial charge in [-0.3, -0.25) is 14.4 Å². The second-order valence-electron chi connectivity index (χ2n) is 12.5. The van der Waals surface area contributed by atoms with Crippen LogP contribution in [0.3, 0.4) is 0 Å². The molecule has 0 saturated heterocycles. The van der Waals surface area contributed by atoms with Crippen molar-refractivity contribution in [1.82, 2.24) is 5.32 Å². The predicted octanol–water partition coefficient (Wildman–Crippen LogP) is 6.39. The van der Waals surface area contributed by atoms with Crippen molar-refractivity contribution in [3.05, 3.63) is 78.4 Å². The first-order valence-corrected chi connectivity index (χ1v) is 16.2. The lowest BCUT2D eigenvalue weighted by Crippen LogP contribution is -2.47. The van der Waals surface area contributed by atoms with Crippen molar-refractivity contribution < 1.29 is 33.3 Å². The molecule has 0 heterocycles. The smallest absolute Gasteiger partial charge is 0.316 e. The third kappa shape index (κ3) is 8.70. The monoisotopic (exact) mass is 615 g/mol. The minimum atomic E-state index is -0.668. The fourth-order valence-electron chi connectivity index (χ4n) is 6.76. The summed E-state index contributed by atoms with van der Waals surface area (Å²) in [7, 11) is 1.61. The molecule has 0 aliphatic heterocycles. The van der Waals surface area contributed by atoms with Crippen LogP contribution in [0.4, 0.5) is 0 Å². The first-order chi connectivity index (χ1) is 22.0. The number of carbonyl (C=O) groups excluding carboxylic acids is 3. The Bertz CT molecular complexity index is 1410. The Hall–Kier alpha value is -3.75. The summed E-state index contributed by atoms with van der Waals surface area (Å²) in [6.07, 6.45) is 6.46. The van der Waals surface area contributed by atoms with Crippen molar-refractivity contribution in [3.8, 4) is 5.75 Å². The molecule has 2 aliphatic carbocycles. The van der Waals surface area contributed by atoms with E-state index in [1.807, 2.05) is 66.7 Å². The van der Waals surface area contributed by atoms with E-state index in [-0.39, 0.29) is 37.0 Å². The van der Waals surface area contributed by atoms with Crippen molar-refractivity contribution >= 4 is 28.6 Å². The van der Waals surface area contributed by atoms with Gasteiger partial charge in [-0.2, -0.15) is 0 Å². The Labute approximate surface area is 265 Å². The molecule has 3 aromatic carbocycles. The van der Waals surface area contributed by atoms with Gasteiger partial charge in [0.15, 0.2) is 0 Å². The van der Waals surface area contributed by atoms with Gasteiger partial charge < -0.3 is 24.3 Å². The average molecular weight is 616 g/mol. The summed E-state index contributed by atoms with van der Waals surface area (Å²) in [5, 5.41) is 5.16. The van der Waals surface area contributed by atoms with Crippen LogP contribution >= 0.6 is 0 Å². The van der Waals surface area contributed by atoms with Crippen molar-refractivity contribution in [1.29, 1.82) is 0 Å². The Morgan fingerprint density at radius 3 is 2.33 bits per heavy atom. The largest absolute Gasteiger partial charge is 0.461 e. The molecule has 2 saturated carbocycles. The molecule has 3 aromatic rings. The first kappa shape index (κ1) is 32.6. The van der Waals surface area contributed by atoms with Gasteiger partial charge in [-0.05, 0) is 62.0 Å². The third-order valence-corrected chi connectivity index (χ3v) is 9.34. The van der Waals surface area contributed by atoms with E-state index in [0.29, 0.717) is 38.2 Å². The molecule has 1 unspecified atom stereocenters. The van der Waals surface area contributed by atoms with E-state index in [2.05, 4.69) is 5.32 Å². The van der Waals surface area contributed by atoms with Gasteiger partial charge in [0.2, 0.25) is 5.91 Å². The van der Waals surface area contributed by atoms with Crippen molar-refractivity contribution in [2.75, 3.05) is 26.9 Å². The summed E-state index contributed by atoms with van der Waals surface area (Å²) in [5.74, 6) is -0.826. The van der Waals surface area contributed by atoms with Crippen LogP contribution in [0.15, 0.2) is 72.8 Å². The van der Waals surface area contributed by atoms with Crippen LogP contribution in [0.5, 0.6) is 5.75 Å². The van der Waals surface area contributed by atoms with Crippen molar-refractivity contribution in [2.45, 2.75) is 70.4 Å². The highest BCUT2D eigenvalue weighted by atomic mass is 16.5. The van der Waals surface area contributed by atoms with Gasteiger partial charge in [-0.25, -0.2) is 0 Å². The molecule has 8 nitrogen and oxygen atoms in total. The zero-order valence-electron chi connectivity index (χ0n) is 26.2. The number of hydrogen-bond acceptors (Lipinski definition) is 7. The molecule has 2 fully saturated rings. The number of amides is 1. The minimum Gasteiger partial charge on any atom is -0.461 e. The zero-order valence-corrected chi connectivity index (χ0v) is 26.2. The number of rotatable bonds is 14. The van der Waals surface area contributed by atoms with E-state index in [1.54, 1.807) is 13.2 Å². The maximum atomic E-state index is 14.0. The van der Waals surface area contributed by atoms with E-state index in [4.69, 9.17) is 18.9 Å². The summed E-state index contributed by atoms with van der Waals surface area (Å²) in [6, 6.07) is 23.1. The molecule has 1 amide bonds. The summed E-state index contributed by atoms with van der Waals surface area (Å²) in [5.41, 5.74) is 0.301. The lowest BCUT2D eigenvalue weighted by Gasteiger charge is -2.35. The van der Waals surface area contributed by atoms with Gasteiger partial charge >= 0.3 is 11.9 Å². The Kier molecular flexibility index (Phi) is 11.6. The molecule has 1 N–H and O–H groups in total. The second-order valence-corrected chi connectivity index (χ2v) is 12.5. The highest BCUT2D eigenvalue weighted by molar-refractivity contribution is 5.91. The summed E-state index contributed by atoms with van der Waals surface area (Å²) < 4.78 is 22.5. The number of nitrogens with one attached hydrogen (secondary N) is 1. The van der Waals surface area contributed by atoms with Crippen molar-refractivity contribution in [3.63, 3.8) is 0 Å². The summed E-state index contributed by atoms with van der Waals surface area (Å²) in [4.78, 5) is 40.4. The normalized spacial score (nSPS) is 19.9. The molecule has 45 heavy (non-hydrogen) atoms. The van der Waals surface area contributed by atoms with Crippen LogP contribution in [0.2, 0.25) is 0 Å². The molecular weight excluding hydrogens is 570 g/mol. The second kappa shape index (κ2) is 16.0. The number of benzene rings is 3. The van der Waals surface area contributed by atoms with E-state index in [1.165, 1.54) is 0 Å². The average Bonchev–Trinajstić information content (AvgIpc) is 3.56. The van der Waals surface area contributed by atoms with E-state index >= 15 is 0 Å². The predicted molar refractivity (Wildman–Crippen MR) is 171 cm³/mol. The topological polar surface area (TPSA) is 100 Å². The fraction of sp³-hybridized carbons (Fsp3) is 0.486. The zero-order chi connectivity index (χ0) is 31.5. The van der Waals surface area contributed by atoms with Gasteiger partial charge in [0.1, 0.15) is 12.4 Å². The van der Waals surface area contributed by atoms with Crippen LogP contribution in [-0.4, -0.2) is 50.8 Å². The Morgan fingerprint density at radius 1 is 0.867 bits per heavy atom. The molecule has 240 valence electrons. The standard InChI is InChI=1S/C37H45NO7/c1-42-22-23-43-26-30(35(40)45-33-15-9-13-28-12-5-6-14-32(28)33)24-37(20-7-8-21-37)36(41)38-31-18-16-29(17-19-31)34(39)44-25-27-10-3-2-4-11-27/h2-6,9-15,29-31H,7-8,16-26H2,1H3,(H,38,41)/t29-,30?,31+. The van der Waals surface area contributed by atoms with E-state index < -0.39 is 17.3 Å². The number of methoxy groups -OCH3 is 1. The quantitative estimate of drug-likeness (QED) is 0.127. The molecule has 1 atom stereocenters.